The monoisotopic (exact) mass is 793 g/mol. The Balaban J connectivity index is 1.05. The van der Waals surface area contributed by atoms with Gasteiger partial charge in [0.2, 0.25) is 0 Å². The first kappa shape index (κ1) is 48.8. The summed E-state index contributed by atoms with van der Waals surface area (Å²) in [5, 5.41) is 0. The van der Waals surface area contributed by atoms with E-state index in [4.69, 9.17) is 14.2 Å². The van der Waals surface area contributed by atoms with Gasteiger partial charge in [0.1, 0.15) is 0 Å². The van der Waals surface area contributed by atoms with Gasteiger partial charge in [-0.25, -0.2) is 0 Å². The van der Waals surface area contributed by atoms with Gasteiger partial charge in [-0.2, -0.15) is 0 Å². The lowest BCUT2D eigenvalue weighted by molar-refractivity contribution is -0.0672. The molecule has 0 heterocycles. The van der Waals surface area contributed by atoms with Crippen molar-refractivity contribution in [3.63, 3.8) is 0 Å². The van der Waals surface area contributed by atoms with Gasteiger partial charge in [-0.1, -0.05) is 149 Å². The maximum atomic E-state index is 6.59. The zero-order valence-electron chi connectivity index (χ0n) is 39.3. The van der Waals surface area contributed by atoms with Crippen LogP contribution in [0.5, 0.6) is 0 Å². The Labute approximate surface area is 355 Å². The molecule has 3 heteroatoms. The van der Waals surface area contributed by atoms with Gasteiger partial charge < -0.3 is 14.2 Å². The highest BCUT2D eigenvalue weighted by atomic mass is 16.5. The lowest BCUT2D eigenvalue weighted by Crippen LogP contribution is -2.51. The van der Waals surface area contributed by atoms with Crippen LogP contribution in [0.4, 0.5) is 0 Å². The van der Waals surface area contributed by atoms with Crippen molar-refractivity contribution in [2.24, 2.45) is 52.3 Å². The second-order valence-electron chi connectivity index (χ2n) is 21.2. The van der Waals surface area contributed by atoms with Crippen LogP contribution in [0.2, 0.25) is 0 Å². The SMILES string of the molecule is CCCCC/C=C\C/C=C\CCCCCCCCOCC(CC(C)C)OCCCO[C@H]1CC[C@@]2(C)C(=CCC3C4CCC(C(C)CCCC(C)C)[C@@]4(C)CCC32)C1. The maximum Gasteiger partial charge on any atom is 0.0810 e. The number of hydrogen-bond donors (Lipinski definition) is 0. The molecule has 4 aliphatic carbocycles. The first-order chi connectivity index (χ1) is 27.6. The van der Waals surface area contributed by atoms with E-state index in [-0.39, 0.29) is 6.10 Å². The maximum absolute atomic E-state index is 6.59. The molecule has 0 aliphatic heterocycles. The van der Waals surface area contributed by atoms with Crippen LogP contribution >= 0.6 is 0 Å². The number of ether oxygens (including phenoxy) is 3. The summed E-state index contributed by atoms with van der Waals surface area (Å²) in [5.74, 6) is 6.04. The Kier molecular flexibility index (Phi) is 22.6. The van der Waals surface area contributed by atoms with Gasteiger partial charge in [-0.05, 0) is 155 Å². The van der Waals surface area contributed by atoms with E-state index in [0.717, 1.165) is 87.6 Å². The Bertz CT molecular complexity index is 1150. The van der Waals surface area contributed by atoms with E-state index in [2.05, 4.69) is 85.8 Å². The molecular formula is C54H96O3. The second kappa shape index (κ2) is 26.4. The third-order valence-electron chi connectivity index (χ3n) is 15.8. The quantitative estimate of drug-likeness (QED) is 0.0536. The molecule has 0 amide bonds. The molecule has 0 aromatic heterocycles. The molecule has 57 heavy (non-hydrogen) atoms. The van der Waals surface area contributed by atoms with Crippen molar-refractivity contribution in [3.8, 4) is 0 Å². The van der Waals surface area contributed by atoms with Crippen molar-refractivity contribution in [2.45, 2.75) is 228 Å². The van der Waals surface area contributed by atoms with Crippen molar-refractivity contribution < 1.29 is 14.2 Å². The van der Waals surface area contributed by atoms with Crippen LogP contribution in [-0.2, 0) is 14.2 Å². The summed E-state index contributed by atoms with van der Waals surface area (Å²) in [6.45, 7) is 22.9. The van der Waals surface area contributed by atoms with Crippen LogP contribution in [0, 0.1) is 52.3 Å². The minimum Gasteiger partial charge on any atom is -0.379 e. The van der Waals surface area contributed by atoms with E-state index in [1.165, 1.54) is 135 Å². The van der Waals surface area contributed by atoms with Gasteiger partial charge >= 0.3 is 0 Å². The third-order valence-corrected chi connectivity index (χ3v) is 15.8. The molecule has 0 N–H and O–H groups in total. The second-order valence-corrected chi connectivity index (χ2v) is 21.2. The topological polar surface area (TPSA) is 27.7 Å². The fourth-order valence-electron chi connectivity index (χ4n) is 12.5. The first-order valence-corrected chi connectivity index (χ1v) is 25.4. The van der Waals surface area contributed by atoms with Gasteiger partial charge in [0.05, 0.1) is 18.8 Å². The fourth-order valence-corrected chi connectivity index (χ4v) is 12.5. The minimum atomic E-state index is 0.200. The summed E-state index contributed by atoms with van der Waals surface area (Å²) >= 11 is 0. The number of unbranched alkanes of at least 4 members (excludes halogenated alkanes) is 9. The van der Waals surface area contributed by atoms with E-state index < -0.39 is 0 Å². The Hall–Kier alpha value is -0.900. The molecule has 0 radical (unpaired) electrons. The molecule has 3 saturated carbocycles. The zero-order chi connectivity index (χ0) is 40.9. The normalized spacial score (nSPS) is 29.9. The van der Waals surface area contributed by atoms with Gasteiger partial charge in [0, 0.05) is 19.8 Å². The lowest BCUT2D eigenvalue weighted by Gasteiger charge is -2.58. The van der Waals surface area contributed by atoms with Crippen LogP contribution in [-0.4, -0.2) is 38.6 Å². The predicted molar refractivity (Wildman–Crippen MR) is 247 cm³/mol. The summed E-state index contributed by atoms with van der Waals surface area (Å²) in [6, 6.07) is 0. The van der Waals surface area contributed by atoms with E-state index in [1.807, 2.05) is 0 Å². The highest BCUT2D eigenvalue weighted by Gasteiger charge is 2.59. The molecule has 0 saturated heterocycles. The number of rotatable bonds is 30. The third kappa shape index (κ3) is 15.8. The summed E-state index contributed by atoms with van der Waals surface area (Å²) < 4.78 is 19.1. The predicted octanol–water partition coefficient (Wildman–Crippen LogP) is 16.1. The Morgan fingerprint density at radius 2 is 1.44 bits per heavy atom. The highest BCUT2D eigenvalue weighted by molar-refractivity contribution is 5.25. The van der Waals surface area contributed by atoms with Crippen molar-refractivity contribution in [2.75, 3.05) is 26.4 Å². The molecule has 0 aromatic rings. The Morgan fingerprint density at radius 3 is 2.18 bits per heavy atom. The molecule has 4 aliphatic rings. The van der Waals surface area contributed by atoms with Crippen LogP contribution in [0.3, 0.4) is 0 Å². The number of allylic oxidation sites excluding steroid dienone is 5. The fraction of sp³-hybridized carbons (Fsp3) is 0.889. The number of fused-ring (bicyclic) bond motifs is 5. The molecule has 0 spiro atoms. The Morgan fingerprint density at radius 1 is 0.702 bits per heavy atom. The van der Waals surface area contributed by atoms with Crippen molar-refractivity contribution >= 4 is 0 Å². The van der Waals surface area contributed by atoms with Crippen LogP contribution in [0.15, 0.2) is 36.0 Å². The molecule has 6 unspecified atom stereocenters. The minimum absolute atomic E-state index is 0.200. The summed E-state index contributed by atoms with van der Waals surface area (Å²) in [5.41, 5.74) is 2.73. The van der Waals surface area contributed by atoms with Crippen LogP contribution in [0.1, 0.15) is 216 Å². The number of hydrogen-bond acceptors (Lipinski definition) is 3. The standard InChI is InChI=1S/C54H96O3/c1-9-10-11-12-13-14-15-16-17-18-19-20-21-22-23-24-37-55-42-48(40-44(4)5)57-39-26-38-56-47-33-35-53(7)46(41-47)29-30-49-51-32-31-50(45(6)28-25-27-43(2)3)54(51,8)36-34-52(49)53/h13-14,16-17,29,43-45,47-52H,9-12,15,18-28,30-42H2,1-8H3/b14-13-,17-16-/t45?,47-,48?,49?,50?,51?,52?,53-,54+/m0/s1. The van der Waals surface area contributed by atoms with E-state index in [0.29, 0.717) is 22.9 Å². The van der Waals surface area contributed by atoms with Crippen molar-refractivity contribution in [1.82, 2.24) is 0 Å². The zero-order valence-corrected chi connectivity index (χ0v) is 39.3. The molecule has 3 nitrogen and oxygen atoms in total. The lowest BCUT2D eigenvalue weighted by atomic mass is 9.47. The van der Waals surface area contributed by atoms with Gasteiger partial charge in [0.25, 0.3) is 0 Å². The molecule has 4 rings (SSSR count). The van der Waals surface area contributed by atoms with E-state index in [1.54, 1.807) is 5.57 Å². The summed E-state index contributed by atoms with van der Waals surface area (Å²) in [7, 11) is 0. The van der Waals surface area contributed by atoms with Crippen LogP contribution in [0.25, 0.3) is 0 Å². The summed E-state index contributed by atoms with van der Waals surface area (Å²) in [6.07, 6.45) is 45.4. The molecular weight excluding hydrogens is 697 g/mol. The van der Waals surface area contributed by atoms with E-state index >= 15 is 0 Å². The molecule has 3 fully saturated rings. The molecule has 330 valence electrons. The first-order valence-electron chi connectivity index (χ1n) is 25.4. The molecule has 0 aromatic carbocycles. The van der Waals surface area contributed by atoms with Crippen molar-refractivity contribution in [1.29, 1.82) is 0 Å². The highest BCUT2D eigenvalue weighted by Crippen LogP contribution is 2.67. The largest absolute Gasteiger partial charge is 0.379 e. The smallest absolute Gasteiger partial charge is 0.0810 e. The average Bonchev–Trinajstić information content (AvgIpc) is 3.54. The molecule has 9 atom stereocenters. The summed E-state index contributed by atoms with van der Waals surface area (Å²) in [4.78, 5) is 0. The van der Waals surface area contributed by atoms with Gasteiger partial charge in [0.15, 0.2) is 0 Å². The average molecular weight is 793 g/mol. The van der Waals surface area contributed by atoms with Crippen LogP contribution < -0.4 is 0 Å². The van der Waals surface area contributed by atoms with Gasteiger partial charge in [-0.15, -0.1) is 0 Å². The van der Waals surface area contributed by atoms with E-state index in [9.17, 15) is 0 Å². The molecule has 0 bridgehead atoms. The van der Waals surface area contributed by atoms with Gasteiger partial charge in [-0.3, -0.25) is 0 Å². The van der Waals surface area contributed by atoms with Crippen molar-refractivity contribution in [3.05, 3.63) is 36.0 Å².